The van der Waals surface area contributed by atoms with Crippen molar-refractivity contribution in [3.63, 3.8) is 0 Å². The first-order valence-electron chi connectivity index (χ1n) is 6.37. The third-order valence-corrected chi connectivity index (χ3v) is 6.05. The van der Waals surface area contributed by atoms with Crippen molar-refractivity contribution in [1.82, 2.24) is 4.98 Å². The molecule has 0 aliphatic rings. The quantitative estimate of drug-likeness (QED) is 0.937. The molecule has 0 aliphatic heterocycles. The highest BCUT2D eigenvalue weighted by Crippen LogP contribution is 2.29. The minimum absolute atomic E-state index is 0.242. The zero-order valence-electron chi connectivity index (χ0n) is 12.6. The number of hydrogen-bond donors (Lipinski definition) is 1. The van der Waals surface area contributed by atoms with Gasteiger partial charge in [-0.05, 0) is 51.0 Å². The van der Waals surface area contributed by atoms with E-state index in [1.807, 2.05) is 20.8 Å². The molecule has 114 valence electrons. The van der Waals surface area contributed by atoms with E-state index < -0.39 is 10.0 Å². The van der Waals surface area contributed by atoms with Gasteiger partial charge in [0.2, 0.25) is 0 Å². The lowest BCUT2D eigenvalue weighted by Crippen LogP contribution is -2.14. The number of anilines is 1. The molecule has 0 aliphatic carbocycles. The van der Waals surface area contributed by atoms with Gasteiger partial charge in [0.05, 0.1) is 17.7 Å². The van der Waals surface area contributed by atoms with E-state index in [1.54, 1.807) is 26.2 Å². The Balaban J connectivity index is 2.42. The molecule has 1 aromatic heterocycles. The van der Waals surface area contributed by atoms with E-state index in [2.05, 4.69) is 9.71 Å². The van der Waals surface area contributed by atoms with Gasteiger partial charge in [0.25, 0.3) is 10.0 Å². The normalized spacial score (nSPS) is 11.5. The number of aromatic nitrogens is 1. The average Bonchev–Trinajstić information content (AvgIpc) is 2.70. The minimum Gasteiger partial charge on any atom is -0.496 e. The van der Waals surface area contributed by atoms with Crippen LogP contribution < -0.4 is 9.46 Å². The fourth-order valence-corrected chi connectivity index (χ4v) is 4.32. The second-order valence-corrected chi connectivity index (χ2v) is 7.64. The molecule has 1 aromatic carbocycles. The average molecular weight is 326 g/mol. The van der Waals surface area contributed by atoms with Crippen LogP contribution in [-0.4, -0.2) is 20.5 Å². The number of ether oxygens (including phenoxy) is 1. The van der Waals surface area contributed by atoms with Crippen molar-refractivity contribution in [2.24, 2.45) is 0 Å². The zero-order chi connectivity index (χ0) is 15.8. The van der Waals surface area contributed by atoms with Gasteiger partial charge in [-0.2, -0.15) is 0 Å². The molecule has 0 atom stereocenters. The fourth-order valence-electron chi connectivity index (χ4n) is 1.97. The Kier molecular flexibility index (Phi) is 4.25. The molecule has 0 unspecified atom stereocenters. The second kappa shape index (κ2) is 5.65. The summed E-state index contributed by atoms with van der Waals surface area (Å²) in [5.74, 6) is 0.674. The van der Waals surface area contributed by atoms with Crippen LogP contribution >= 0.6 is 11.3 Å². The van der Waals surface area contributed by atoms with Crippen LogP contribution in [0, 0.1) is 27.7 Å². The van der Waals surface area contributed by atoms with E-state index in [1.165, 1.54) is 11.3 Å². The molecule has 7 heteroatoms. The molecular formula is C14H18N2O3S2. The Labute approximate surface area is 129 Å². The van der Waals surface area contributed by atoms with Gasteiger partial charge in [0, 0.05) is 4.88 Å². The zero-order valence-corrected chi connectivity index (χ0v) is 14.3. The number of hydrogen-bond acceptors (Lipinski definition) is 5. The van der Waals surface area contributed by atoms with Gasteiger partial charge in [-0.25, -0.2) is 13.4 Å². The van der Waals surface area contributed by atoms with E-state index >= 15 is 0 Å². The van der Waals surface area contributed by atoms with Crippen LogP contribution in [0.1, 0.15) is 21.7 Å². The second-order valence-electron chi connectivity index (χ2n) is 4.78. The highest BCUT2D eigenvalue weighted by Gasteiger charge is 2.21. The lowest BCUT2D eigenvalue weighted by Gasteiger charge is -2.13. The monoisotopic (exact) mass is 326 g/mol. The smallest absolute Gasteiger partial charge is 0.263 e. The predicted octanol–water partition coefficient (Wildman–Crippen LogP) is 3.19. The Morgan fingerprint density at radius 1 is 1.14 bits per heavy atom. The molecule has 0 amide bonds. The van der Waals surface area contributed by atoms with Gasteiger partial charge in [0.15, 0.2) is 5.13 Å². The number of sulfonamides is 1. The molecule has 0 saturated heterocycles. The van der Waals surface area contributed by atoms with Crippen molar-refractivity contribution >= 4 is 26.5 Å². The van der Waals surface area contributed by atoms with Crippen molar-refractivity contribution in [2.45, 2.75) is 32.6 Å². The van der Waals surface area contributed by atoms with E-state index in [0.717, 1.165) is 16.1 Å². The summed E-state index contributed by atoms with van der Waals surface area (Å²) < 4.78 is 32.8. The van der Waals surface area contributed by atoms with E-state index in [9.17, 15) is 8.42 Å². The largest absolute Gasteiger partial charge is 0.496 e. The number of methoxy groups -OCH3 is 1. The molecule has 2 aromatic rings. The van der Waals surface area contributed by atoms with Gasteiger partial charge in [-0.1, -0.05) is 0 Å². The van der Waals surface area contributed by atoms with Crippen LogP contribution in [-0.2, 0) is 10.0 Å². The third-order valence-electron chi connectivity index (χ3n) is 3.45. The first-order chi connectivity index (χ1) is 9.76. The highest BCUT2D eigenvalue weighted by molar-refractivity contribution is 7.93. The van der Waals surface area contributed by atoms with Crippen molar-refractivity contribution in [3.05, 3.63) is 33.8 Å². The summed E-state index contributed by atoms with van der Waals surface area (Å²) in [6.07, 6.45) is 0. The van der Waals surface area contributed by atoms with Gasteiger partial charge >= 0.3 is 0 Å². The summed E-state index contributed by atoms with van der Waals surface area (Å²) in [7, 11) is -2.09. The van der Waals surface area contributed by atoms with Crippen molar-refractivity contribution in [3.8, 4) is 5.75 Å². The molecule has 0 bridgehead atoms. The van der Waals surface area contributed by atoms with Crippen LogP contribution in [0.4, 0.5) is 5.13 Å². The fraction of sp³-hybridized carbons (Fsp3) is 0.357. The van der Waals surface area contributed by atoms with Crippen molar-refractivity contribution < 1.29 is 13.2 Å². The summed E-state index contributed by atoms with van der Waals surface area (Å²) >= 11 is 1.33. The number of aryl methyl sites for hydroxylation is 2. The Morgan fingerprint density at radius 3 is 2.33 bits per heavy atom. The molecule has 0 spiro atoms. The third kappa shape index (κ3) is 3.03. The maximum atomic E-state index is 12.5. The molecule has 0 fully saturated rings. The molecule has 1 N–H and O–H groups in total. The lowest BCUT2D eigenvalue weighted by molar-refractivity contribution is 0.411. The molecule has 5 nitrogen and oxygen atoms in total. The Bertz CT molecular complexity index is 760. The number of benzene rings is 1. The van der Waals surface area contributed by atoms with E-state index in [4.69, 9.17) is 4.74 Å². The molecule has 2 rings (SSSR count). The van der Waals surface area contributed by atoms with Crippen LogP contribution in [0.25, 0.3) is 0 Å². The summed E-state index contributed by atoms with van der Waals surface area (Å²) in [5.41, 5.74) is 2.32. The van der Waals surface area contributed by atoms with Gasteiger partial charge in [-0.15, -0.1) is 11.3 Å². The maximum absolute atomic E-state index is 12.5. The number of thiazole rings is 1. The summed E-state index contributed by atoms with van der Waals surface area (Å²) in [4.78, 5) is 5.45. The molecule has 1 heterocycles. The first kappa shape index (κ1) is 15.8. The number of nitrogens with one attached hydrogen (secondary N) is 1. The van der Waals surface area contributed by atoms with Crippen LogP contribution in [0.5, 0.6) is 5.75 Å². The summed E-state index contributed by atoms with van der Waals surface area (Å²) in [5, 5.41) is 0.387. The highest BCUT2D eigenvalue weighted by atomic mass is 32.2. The summed E-state index contributed by atoms with van der Waals surface area (Å²) in [6, 6.07) is 3.21. The standard InChI is InChI=1S/C14H18N2O3S2/c1-8-9(2)13(7-6-12(8)19-5)21(17,18)16-14-15-10(3)11(4)20-14/h6-7H,1-5H3,(H,15,16). The van der Waals surface area contributed by atoms with E-state index in [0.29, 0.717) is 16.4 Å². The minimum atomic E-state index is -3.65. The molecule has 0 radical (unpaired) electrons. The Morgan fingerprint density at radius 2 is 1.81 bits per heavy atom. The van der Waals surface area contributed by atoms with Crippen molar-refractivity contribution in [2.75, 3.05) is 11.8 Å². The van der Waals surface area contributed by atoms with Crippen LogP contribution in [0.3, 0.4) is 0 Å². The van der Waals surface area contributed by atoms with Gasteiger partial charge < -0.3 is 4.74 Å². The number of rotatable bonds is 4. The molecule has 0 saturated carbocycles. The predicted molar refractivity (Wildman–Crippen MR) is 84.9 cm³/mol. The SMILES string of the molecule is COc1ccc(S(=O)(=O)Nc2nc(C)c(C)s2)c(C)c1C. The lowest BCUT2D eigenvalue weighted by atomic mass is 10.1. The maximum Gasteiger partial charge on any atom is 0.263 e. The van der Waals surface area contributed by atoms with Gasteiger partial charge in [-0.3, -0.25) is 4.72 Å². The molecule has 21 heavy (non-hydrogen) atoms. The van der Waals surface area contributed by atoms with Crippen LogP contribution in [0.2, 0.25) is 0 Å². The van der Waals surface area contributed by atoms with E-state index in [-0.39, 0.29) is 4.90 Å². The number of nitrogens with zero attached hydrogens (tertiary/aromatic N) is 1. The summed E-state index contributed by atoms with van der Waals surface area (Å²) in [6.45, 7) is 7.37. The van der Waals surface area contributed by atoms with Gasteiger partial charge in [0.1, 0.15) is 5.75 Å². The van der Waals surface area contributed by atoms with Crippen LogP contribution in [0.15, 0.2) is 17.0 Å². The Hall–Kier alpha value is -1.60. The van der Waals surface area contributed by atoms with Crippen molar-refractivity contribution in [1.29, 1.82) is 0 Å². The topological polar surface area (TPSA) is 68.3 Å². The first-order valence-corrected chi connectivity index (χ1v) is 8.67. The molecular weight excluding hydrogens is 308 g/mol.